The van der Waals surface area contributed by atoms with Crippen LogP contribution in [-0.4, -0.2) is 76.3 Å². The van der Waals surface area contributed by atoms with Gasteiger partial charge in [0.2, 0.25) is 5.91 Å². The minimum absolute atomic E-state index is 0. The molecule has 28 heavy (non-hydrogen) atoms. The molecular formula is C17H26F3IN4O3. The summed E-state index contributed by atoms with van der Waals surface area (Å²) in [4.78, 5) is 18.2. The third-order valence-electron chi connectivity index (χ3n) is 3.72. The molecule has 0 aromatic heterocycles. The number of alkyl halides is 3. The summed E-state index contributed by atoms with van der Waals surface area (Å²) in [5.74, 6) is 0.947. The summed E-state index contributed by atoms with van der Waals surface area (Å²) >= 11 is 0. The molecule has 0 fully saturated rings. The molecule has 160 valence electrons. The van der Waals surface area contributed by atoms with Gasteiger partial charge in [-0.15, -0.1) is 24.0 Å². The van der Waals surface area contributed by atoms with Crippen molar-refractivity contribution < 1.29 is 27.4 Å². The molecule has 0 saturated heterocycles. The molecule has 0 unspecified atom stereocenters. The lowest BCUT2D eigenvalue weighted by atomic mass is 10.2. The van der Waals surface area contributed by atoms with E-state index >= 15 is 0 Å². The van der Waals surface area contributed by atoms with Crippen molar-refractivity contribution in [3.05, 3.63) is 23.8 Å². The molecule has 0 aliphatic heterocycles. The lowest BCUT2D eigenvalue weighted by Crippen LogP contribution is -2.45. The molecule has 0 radical (unpaired) electrons. The van der Waals surface area contributed by atoms with E-state index in [0.717, 1.165) is 12.6 Å². The van der Waals surface area contributed by atoms with Crippen LogP contribution in [-0.2, 0) is 11.3 Å². The Labute approximate surface area is 179 Å². The van der Waals surface area contributed by atoms with Crippen LogP contribution in [0.15, 0.2) is 23.2 Å². The smallest absolute Gasteiger partial charge is 0.406 e. The third kappa shape index (κ3) is 8.40. The fourth-order valence-corrected chi connectivity index (χ4v) is 2.34. The largest absolute Gasteiger partial charge is 0.497 e. The predicted molar refractivity (Wildman–Crippen MR) is 111 cm³/mol. The van der Waals surface area contributed by atoms with Gasteiger partial charge in [0.25, 0.3) is 0 Å². The van der Waals surface area contributed by atoms with Crippen LogP contribution in [0.1, 0.15) is 5.56 Å². The quantitative estimate of drug-likeness (QED) is 0.341. The molecule has 0 heterocycles. The van der Waals surface area contributed by atoms with Gasteiger partial charge in [-0.1, -0.05) is 0 Å². The van der Waals surface area contributed by atoms with Gasteiger partial charge in [-0.3, -0.25) is 9.79 Å². The lowest BCUT2D eigenvalue weighted by Gasteiger charge is -2.24. The first-order valence-corrected chi connectivity index (χ1v) is 8.04. The van der Waals surface area contributed by atoms with Crippen molar-refractivity contribution in [1.82, 2.24) is 15.1 Å². The van der Waals surface area contributed by atoms with Crippen LogP contribution in [0.25, 0.3) is 0 Å². The molecule has 7 nitrogen and oxygen atoms in total. The molecule has 0 bridgehead atoms. The van der Waals surface area contributed by atoms with Crippen LogP contribution in [0.2, 0.25) is 0 Å². The van der Waals surface area contributed by atoms with Crippen molar-refractivity contribution in [3.8, 4) is 11.5 Å². The number of benzene rings is 1. The number of hydrogen-bond donors (Lipinski definition) is 1. The average molecular weight is 518 g/mol. The Morgan fingerprint density at radius 1 is 1.18 bits per heavy atom. The van der Waals surface area contributed by atoms with Crippen LogP contribution in [0.3, 0.4) is 0 Å². The van der Waals surface area contributed by atoms with E-state index in [-0.39, 0.29) is 30.5 Å². The number of nitrogens with zero attached hydrogens (tertiary/aromatic N) is 3. The predicted octanol–water partition coefficient (Wildman–Crippen LogP) is 2.35. The lowest BCUT2D eigenvalue weighted by molar-refractivity contribution is -0.157. The maximum absolute atomic E-state index is 12.4. The van der Waals surface area contributed by atoms with Crippen molar-refractivity contribution in [3.63, 3.8) is 0 Å². The highest BCUT2D eigenvalue weighted by molar-refractivity contribution is 14.0. The topological polar surface area (TPSA) is 66.4 Å². The van der Waals surface area contributed by atoms with Gasteiger partial charge in [-0.25, -0.2) is 0 Å². The van der Waals surface area contributed by atoms with E-state index in [1.165, 1.54) is 7.05 Å². The number of hydrogen-bond acceptors (Lipinski definition) is 4. The Morgan fingerprint density at radius 2 is 1.82 bits per heavy atom. The fraction of sp³-hybridized carbons (Fsp3) is 0.529. The average Bonchev–Trinajstić information content (AvgIpc) is 2.60. The number of carbonyl (C=O) groups excluding carboxylic acids is 1. The summed E-state index contributed by atoms with van der Waals surface area (Å²) < 4.78 is 47.6. The molecule has 0 aliphatic carbocycles. The number of nitrogens with one attached hydrogen (secondary N) is 1. The molecular weight excluding hydrogens is 492 g/mol. The number of amides is 1. The SMILES string of the molecule is CN=C(NCC(=O)N(C)CC(F)(F)F)N(C)Cc1ccc(OC)cc1OC.I. The Bertz CT molecular complexity index is 672. The standard InChI is InChI=1S/C17H25F3N4O3.HI/c1-21-16(22-9-15(25)24(3)11-17(18,19)20)23(2)10-12-6-7-13(26-4)8-14(12)27-5;/h6-8H,9-11H2,1-5H3,(H,21,22);1H. The summed E-state index contributed by atoms with van der Waals surface area (Å²) in [7, 11) is 7.46. The minimum atomic E-state index is -4.44. The van der Waals surface area contributed by atoms with E-state index in [0.29, 0.717) is 28.9 Å². The van der Waals surface area contributed by atoms with E-state index in [1.807, 2.05) is 6.07 Å². The molecule has 11 heteroatoms. The number of likely N-dealkylation sites (N-methyl/N-ethyl adjacent to an activating group) is 1. The minimum Gasteiger partial charge on any atom is -0.497 e. The van der Waals surface area contributed by atoms with Gasteiger partial charge in [0.15, 0.2) is 5.96 Å². The van der Waals surface area contributed by atoms with Gasteiger partial charge >= 0.3 is 6.18 Å². The van der Waals surface area contributed by atoms with Crippen molar-refractivity contribution in [2.75, 3.05) is 48.5 Å². The number of rotatable bonds is 7. The Kier molecular flexibility index (Phi) is 11.0. The Hall–Kier alpha value is -1.92. The highest BCUT2D eigenvalue weighted by Crippen LogP contribution is 2.25. The highest BCUT2D eigenvalue weighted by Gasteiger charge is 2.31. The molecule has 1 amide bonds. The number of halogens is 4. The van der Waals surface area contributed by atoms with Crippen LogP contribution in [0, 0.1) is 0 Å². The van der Waals surface area contributed by atoms with E-state index in [1.54, 1.807) is 38.3 Å². The number of guanidine groups is 1. The summed E-state index contributed by atoms with van der Waals surface area (Å²) in [6.07, 6.45) is -4.44. The first-order valence-electron chi connectivity index (χ1n) is 8.04. The molecule has 0 aliphatic rings. The normalized spacial score (nSPS) is 11.4. The van der Waals surface area contributed by atoms with Crippen molar-refractivity contribution in [1.29, 1.82) is 0 Å². The van der Waals surface area contributed by atoms with E-state index in [9.17, 15) is 18.0 Å². The Balaban J connectivity index is 0.00000729. The number of ether oxygens (including phenoxy) is 2. The van der Waals surface area contributed by atoms with Crippen molar-refractivity contribution in [2.45, 2.75) is 12.7 Å². The van der Waals surface area contributed by atoms with Gasteiger partial charge in [-0.05, 0) is 12.1 Å². The van der Waals surface area contributed by atoms with Crippen LogP contribution >= 0.6 is 24.0 Å². The number of carbonyl (C=O) groups is 1. The maximum Gasteiger partial charge on any atom is 0.406 e. The summed E-state index contributed by atoms with van der Waals surface area (Å²) in [6.45, 7) is -1.20. The van der Waals surface area contributed by atoms with Crippen LogP contribution in [0.4, 0.5) is 13.2 Å². The second kappa shape index (κ2) is 11.8. The second-order valence-electron chi connectivity index (χ2n) is 5.80. The van der Waals surface area contributed by atoms with Gasteiger partial charge in [0, 0.05) is 39.3 Å². The van der Waals surface area contributed by atoms with Gasteiger partial charge < -0.3 is 24.6 Å². The zero-order valence-corrected chi connectivity index (χ0v) is 18.8. The van der Waals surface area contributed by atoms with Gasteiger partial charge in [0.05, 0.1) is 20.8 Å². The third-order valence-corrected chi connectivity index (χ3v) is 3.72. The molecule has 1 N–H and O–H groups in total. The number of aliphatic imine (C=N–C) groups is 1. The number of methoxy groups -OCH3 is 2. The Morgan fingerprint density at radius 3 is 2.32 bits per heavy atom. The molecule has 1 aromatic rings. The zero-order valence-electron chi connectivity index (χ0n) is 16.5. The maximum atomic E-state index is 12.4. The molecule has 0 spiro atoms. The zero-order chi connectivity index (χ0) is 20.6. The van der Waals surface area contributed by atoms with Crippen LogP contribution in [0.5, 0.6) is 11.5 Å². The first-order chi connectivity index (χ1) is 12.6. The van der Waals surface area contributed by atoms with E-state index < -0.39 is 18.6 Å². The summed E-state index contributed by atoms with van der Waals surface area (Å²) in [6, 6.07) is 5.37. The molecule has 0 atom stereocenters. The first kappa shape index (κ1) is 26.1. The van der Waals surface area contributed by atoms with Crippen molar-refractivity contribution >= 4 is 35.8 Å². The summed E-state index contributed by atoms with van der Waals surface area (Å²) in [5, 5.41) is 2.77. The monoisotopic (exact) mass is 518 g/mol. The van der Waals surface area contributed by atoms with Crippen molar-refractivity contribution in [2.24, 2.45) is 4.99 Å². The van der Waals surface area contributed by atoms with Gasteiger partial charge in [-0.2, -0.15) is 13.2 Å². The molecule has 1 rings (SSSR count). The summed E-state index contributed by atoms with van der Waals surface area (Å²) in [5.41, 5.74) is 0.851. The molecule has 1 aromatic carbocycles. The van der Waals surface area contributed by atoms with E-state index in [4.69, 9.17) is 9.47 Å². The molecule has 0 saturated carbocycles. The fourth-order valence-electron chi connectivity index (χ4n) is 2.34. The van der Waals surface area contributed by atoms with Crippen LogP contribution < -0.4 is 14.8 Å². The highest BCUT2D eigenvalue weighted by atomic mass is 127. The van der Waals surface area contributed by atoms with E-state index in [2.05, 4.69) is 10.3 Å². The van der Waals surface area contributed by atoms with Gasteiger partial charge in [0.1, 0.15) is 18.0 Å². The second-order valence-corrected chi connectivity index (χ2v) is 5.80.